The monoisotopic (exact) mass is 484 g/mol. The average molecular weight is 485 g/mol. The summed E-state index contributed by atoms with van der Waals surface area (Å²) in [6.45, 7) is 7.23. The van der Waals surface area contributed by atoms with Gasteiger partial charge in [-0.05, 0) is 38.2 Å². The Kier molecular flexibility index (Phi) is 7.34. The van der Waals surface area contributed by atoms with Crippen LogP contribution in [0.1, 0.15) is 53.5 Å². The summed E-state index contributed by atoms with van der Waals surface area (Å²) in [7, 11) is 1.70. The van der Waals surface area contributed by atoms with Gasteiger partial charge >= 0.3 is 0 Å². The molecule has 5 rings (SSSR count). The maximum absolute atomic E-state index is 13.5. The predicted octanol–water partition coefficient (Wildman–Crippen LogP) is 3.63. The van der Waals surface area contributed by atoms with Crippen LogP contribution in [0.4, 0.5) is 0 Å². The van der Waals surface area contributed by atoms with Crippen molar-refractivity contribution in [1.29, 1.82) is 0 Å². The van der Waals surface area contributed by atoms with Gasteiger partial charge in [-0.2, -0.15) is 16.9 Å². The van der Waals surface area contributed by atoms with Gasteiger partial charge in [0.1, 0.15) is 0 Å². The van der Waals surface area contributed by atoms with Crippen LogP contribution in [0.15, 0.2) is 18.2 Å². The fraction of sp³-hybridized carbons (Fsp3) is 0.615. The van der Waals surface area contributed by atoms with E-state index >= 15 is 0 Å². The molecule has 7 nitrogen and oxygen atoms in total. The molecule has 0 spiro atoms. The molecule has 1 aliphatic carbocycles. The molecule has 3 heterocycles. The van der Waals surface area contributed by atoms with Crippen molar-refractivity contribution in [3.63, 3.8) is 0 Å². The Hall–Kier alpha value is -2.19. The molecular weight excluding hydrogens is 448 g/mol. The summed E-state index contributed by atoms with van der Waals surface area (Å²) in [5.41, 5.74) is 4.36. The van der Waals surface area contributed by atoms with Crippen LogP contribution in [0.3, 0.4) is 0 Å². The molecule has 1 saturated heterocycles. The maximum Gasteiger partial charge on any atom is 0.274 e. The van der Waals surface area contributed by atoms with E-state index in [-0.39, 0.29) is 5.91 Å². The van der Waals surface area contributed by atoms with E-state index in [2.05, 4.69) is 22.6 Å². The van der Waals surface area contributed by atoms with Gasteiger partial charge in [0.05, 0.1) is 13.7 Å². The Morgan fingerprint density at radius 1 is 1.26 bits per heavy atom. The smallest absolute Gasteiger partial charge is 0.274 e. The van der Waals surface area contributed by atoms with Crippen LogP contribution in [0.25, 0.3) is 0 Å². The number of carbonyl (C=O) groups excluding carboxylic acids is 1. The molecule has 2 aliphatic heterocycles. The van der Waals surface area contributed by atoms with Crippen LogP contribution in [0, 0.1) is 0 Å². The molecule has 3 aliphatic rings. The van der Waals surface area contributed by atoms with Gasteiger partial charge in [0.25, 0.3) is 5.91 Å². The third kappa shape index (κ3) is 4.67. The van der Waals surface area contributed by atoms with E-state index in [0.717, 1.165) is 87.8 Å². The van der Waals surface area contributed by atoms with Gasteiger partial charge in [0.15, 0.2) is 17.2 Å². The zero-order valence-electron chi connectivity index (χ0n) is 20.4. The maximum atomic E-state index is 13.5. The van der Waals surface area contributed by atoms with E-state index in [9.17, 15) is 4.79 Å². The molecule has 2 aromatic rings. The number of aryl methyl sites for hydroxylation is 1. The Balaban J connectivity index is 1.41. The van der Waals surface area contributed by atoms with Crippen molar-refractivity contribution in [1.82, 2.24) is 19.6 Å². The third-order valence-electron chi connectivity index (χ3n) is 7.26. The number of thioether (sulfide) groups is 1. The van der Waals surface area contributed by atoms with E-state index in [1.807, 2.05) is 28.8 Å². The van der Waals surface area contributed by atoms with E-state index in [1.54, 1.807) is 7.11 Å². The van der Waals surface area contributed by atoms with Crippen LogP contribution >= 0.6 is 11.8 Å². The molecule has 0 saturated carbocycles. The van der Waals surface area contributed by atoms with Crippen LogP contribution in [-0.2, 0) is 25.9 Å². The lowest BCUT2D eigenvalue weighted by atomic mass is 9.89. The van der Waals surface area contributed by atoms with Crippen LogP contribution < -0.4 is 9.47 Å². The quantitative estimate of drug-likeness (QED) is 0.646. The summed E-state index contributed by atoms with van der Waals surface area (Å²) in [6.07, 6.45) is 4.97. The topological polar surface area (TPSA) is 59.8 Å². The fourth-order valence-electron chi connectivity index (χ4n) is 5.53. The Labute approximate surface area is 206 Å². The molecule has 1 fully saturated rings. The van der Waals surface area contributed by atoms with Crippen molar-refractivity contribution in [2.75, 3.05) is 44.9 Å². The molecule has 0 N–H and O–H groups in total. The first kappa shape index (κ1) is 23.5. The number of nitrogens with zero attached hydrogens (tertiary/aromatic N) is 4. The minimum Gasteiger partial charge on any atom is -0.493 e. The molecule has 0 radical (unpaired) electrons. The number of carbonyl (C=O) groups is 1. The second kappa shape index (κ2) is 10.6. The van der Waals surface area contributed by atoms with Gasteiger partial charge < -0.3 is 14.4 Å². The molecular formula is C26H36N4O3S. The molecule has 1 atom stereocenters. The largest absolute Gasteiger partial charge is 0.493 e. The van der Waals surface area contributed by atoms with E-state index in [4.69, 9.17) is 14.6 Å². The number of ether oxygens (including phenoxy) is 2. The number of amides is 1. The number of hydrogen-bond donors (Lipinski definition) is 0. The molecule has 34 heavy (non-hydrogen) atoms. The zero-order chi connectivity index (χ0) is 23.5. The van der Waals surface area contributed by atoms with Gasteiger partial charge in [-0.25, -0.2) is 0 Å². The number of methoxy groups -OCH3 is 1. The highest BCUT2D eigenvalue weighted by Gasteiger charge is 2.34. The Morgan fingerprint density at radius 3 is 2.91 bits per heavy atom. The van der Waals surface area contributed by atoms with Crippen LogP contribution in [-0.4, -0.2) is 76.4 Å². The predicted molar refractivity (Wildman–Crippen MR) is 135 cm³/mol. The van der Waals surface area contributed by atoms with Gasteiger partial charge in [-0.15, -0.1) is 0 Å². The van der Waals surface area contributed by atoms with Crippen molar-refractivity contribution in [2.24, 2.45) is 0 Å². The van der Waals surface area contributed by atoms with E-state index in [0.29, 0.717) is 18.3 Å². The standard InChI is InChI=1S/C26H36N4O3S/c1-3-10-30-22-9-8-20(17-21(22)24(27-30)26(31)28-12-15-34-16-13-28)29-11-5-14-33-25-19(18-29)6-4-7-23(25)32-2/h4,6-7,20H,3,5,8-18H2,1-2H3. The molecule has 0 bridgehead atoms. The first-order valence-corrected chi connectivity index (χ1v) is 13.8. The minimum absolute atomic E-state index is 0.128. The van der Waals surface area contributed by atoms with Crippen molar-refractivity contribution in [3.05, 3.63) is 40.7 Å². The summed E-state index contributed by atoms with van der Waals surface area (Å²) in [5, 5.41) is 4.89. The Bertz CT molecular complexity index is 1020. The summed E-state index contributed by atoms with van der Waals surface area (Å²) in [6, 6.07) is 6.55. The lowest BCUT2D eigenvalue weighted by molar-refractivity contribution is 0.0763. The third-order valence-corrected chi connectivity index (χ3v) is 8.21. The lowest BCUT2D eigenvalue weighted by Crippen LogP contribution is -2.42. The first-order chi connectivity index (χ1) is 16.7. The minimum atomic E-state index is 0.128. The summed E-state index contributed by atoms with van der Waals surface area (Å²) in [4.78, 5) is 18.1. The molecule has 1 aromatic carbocycles. The molecule has 1 unspecified atom stereocenters. The first-order valence-electron chi connectivity index (χ1n) is 12.7. The highest BCUT2D eigenvalue weighted by atomic mass is 32.2. The highest BCUT2D eigenvalue weighted by molar-refractivity contribution is 7.99. The second-order valence-corrected chi connectivity index (χ2v) is 10.6. The highest BCUT2D eigenvalue weighted by Crippen LogP contribution is 2.35. The number of aromatic nitrogens is 2. The van der Waals surface area contributed by atoms with Crippen molar-refractivity contribution >= 4 is 17.7 Å². The van der Waals surface area contributed by atoms with Gasteiger partial charge in [0.2, 0.25) is 0 Å². The average Bonchev–Trinajstić information content (AvgIpc) is 3.22. The molecule has 1 amide bonds. The number of fused-ring (bicyclic) bond motifs is 2. The zero-order valence-corrected chi connectivity index (χ0v) is 21.2. The second-order valence-electron chi connectivity index (χ2n) is 9.42. The fourth-order valence-corrected chi connectivity index (χ4v) is 6.43. The molecule has 1 aromatic heterocycles. The van der Waals surface area contributed by atoms with Crippen molar-refractivity contribution in [3.8, 4) is 11.5 Å². The van der Waals surface area contributed by atoms with Crippen molar-refractivity contribution in [2.45, 2.75) is 58.2 Å². The normalized spacial score (nSPS) is 21.1. The number of para-hydroxylation sites is 1. The number of rotatable bonds is 5. The number of hydrogen-bond acceptors (Lipinski definition) is 6. The van der Waals surface area contributed by atoms with Gasteiger partial charge in [0, 0.05) is 67.1 Å². The summed E-state index contributed by atoms with van der Waals surface area (Å²) >= 11 is 1.93. The SMILES string of the molecule is CCCn1nc(C(=O)N2CCSCC2)c2c1CCC(N1CCCOc3c(cccc3OC)C1)C2. The van der Waals surface area contributed by atoms with Crippen LogP contribution in [0.5, 0.6) is 11.5 Å². The van der Waals surface area contributed by atoms with Gasteiger partial charge in [-0.1, -0.05) is 19.1 Å². The molecule has 184 valence electrons. The summed E-state index contributed by atoms with van der Waals surface area (Å²) < 4.78 is 13.8. The van der Waals surface area contributed by atoms with E-state index in [1.165, 1.54) is 16.8 Å². The lowest BCUT2D eigenvalue weighted by Gasteiger charge is -2.36. The van der Waals surface area contributed by atoms with Crippen molar-refractivity contribution < 1.29 is 14.3 Å². The Morgan fingerprint density at radius 2 is 2.12 bits per heavy atom. The van der Waals surface area contributed by atoms with Gasteiger partial charge in [-0.3, -0.25) is 14.4 Å². The van der Waals surface area contributed by atoms with Crippen LogP contribution in [0.2, 0.25) is 0 Å². The number of benzene rings is 1. The van der Waals surface area contributed by atoms with E-state index < -0.39 is 0 Å². The summed E-state index contributed by atoms with van der Waals surface area (Å²) in [5.74, 6) is 3.85. The molecule has 8 heteroatoms.